The van der Waals surface area contributed by atoms with Crippen molar-refractivity contribution in [3.63, 3.8) is 0 Å². The Labute approximate surface area is 172 Å². The summed E-state index contributed by atoms with van der Waals surface area (Å²) >= 11 is 0. The Morgan fingerprint density at radius 1 is 1.00 bits per heavy atom. The molecule has 1 rings (SSSR count). The summed E-state index contributed by atoms with van der Waals surface area (Å²) in [5.74, 6) is 2.61. The maximum atomic E-state index is 9.62. The molecule has 0 fully saturated rings. The van der Waals surface area contributed by atoms with Gasteiger partial charge in [0, 0.05) is 5.54 Å². The quantitative estimate of drug-likeness (QED) is 0.394. The van der Waals surface area contributed by atoms with Gasteiger partial charge in [0.15, 0.2) is 11.5 Å². The van der Waals surface area contributed by atoms with Crippen LogP contribution in [-0.2, 0) is 6.42 Å². The number of aryl methyl sites for hydroxylation is 1. The SMILES string of the molecule is COc1cc(CC[C@@](N)(CO)C(C)C)ccc1OCCCCCCCC(C)C. The fourth-order valence-corrected chi connectivity index (χ4v) is 3.28. The van der Waals surface area contributed by atoms with Gasteiger partial charge in [-0.05, 0) is 48.8 Å². The Balaban J connectivity index is 2.42. The molecule has 0 unspecified atom stereocenters. The van der Waals surface area contributed by atoms with Crippen LogP contribution in [0, 0.1) is 11.8 Å². The van der Waals surface area contributed by atoms with Crippen molar-refractivity contribution in [2.24, 2.45) is 17.6 Å². The van der Waals surface area contributed by atoms with E-state index in [-0.39, 0.29) is 12.5 Å². The third-order valence-electron chi connectivity index (χ3n) is 5.73. The van der Waals surface area contributed by atoms with E-state index >= 15 is 0 Å². The minimum atomic E-state index is -0.544. The molecule has 1 atom stereocenters. The average Bonchev–Trinajstić information content (AvgIpc) is 2.68. The smallest absolute Gasteiger partial charge is 0.161 e. The van der Waals surface area contributed by atoms with Gasteiger partial charge in [-0.1, -0.05) is 65.9 Å². The van der Waals surface area contributed by atoms with Crippen LogP contribution in [-0.4, -0.2) is 31.0 Å². The van der Waals surface area contributed by atoms with E-state index in [1.165, 1.54) is 32.1 Å². The molecule has 0 radical (unpaired) electrons. The number of rotatable bonds is 15. The summed E-state index contributed by atoms with van der Waals surface area (Å²) < 4.78 is 11.5. The topological polar surface area (TPSA) is 64.7 Å². The summed E-state index contributed by atoms with van der Waals surface area (Å²) in [4.78, 5) is 0. The lowest BCUT2D eigenvalue weighted by molar-refractivity contribution is 0.146. The standard InChI is InChI=1S/C24H43NO3/c1-19(2)11-9-7-6-8-10-16-28-22-13-12-21(17-23(22)27-5)14-15-24(25,18-26)20(3)4/h12-13,17,19-20,26H,6-11,14-16,18,25H2,1-5H3/t24-/m1/s1. The van der Waals surface area contributed by atoms with Crippen LogP contribution in [0.4, 0.5) is 0 Å². The van der Waals surface area contributed by atoms with E-state index in [4.69, 9.17) is 15.2 Å². The Kier molecular flexibility index (Phi) is 11.6. The third kappa shape index (κ3) is 8.83. The second kappa shape index (κ2) is 13.1. The number of benzene rings is 1. The number of methoxy groups -OCH3 is 1. The van der Waals surface area contributed by atoms with Crippen molar-refractivity contribution in [1.29, 1.82) is 0 Å². The second-order valence-electron chi connectivity index (χ2n) is 8.83. The number of aliphatic hydroxyl groups excluding tert-OH is 1. The van der Waals surface area contributed by atoms with E-state index in [9.17, 15) is 5.11 Å². The Bertz CT molecular complexity index is 545. The molecular formula is C24H43NO3. The molecule has 3 N–H and O–H groups in total. The molecule has 0 aliphatic heterocycles. The van der Waals surface area contributed by atoms with Crippen molar-refractivity contribution in [2.45, 2.75) is 84.6 Å². The van der Waals surface area contributed by atoms with Gasteiger partial charge in [0.2, 0.25) is 0 Å². The summed E-state index contributed by atoms with van der Waals surface area (Å²) in [6.45, 7) is 9.41. The van der Waals surface area contributed by atoms with E-state index in [0.29, 0.717) is 0 Å². The van der Waals surface area contributed by atoms with Crippen molar-refractivity contribution in [3.05, 3.63) is 23.8 Å². The van der Waals surface area contributed by atoms with Crippen LogP contribution in [0.1, 0.15) is 78.2 Å². The van der Waals surface area contributed by atoms with Crippen molar-refractivity contribution < 1.29 is 14.6 Å². The molecule has 0 saturated heterocycles. The lowest BCUT2D eigenvalue weighted by atomic mass is 9.83. The average molecular weight is 394 g/mol. The normalized spacial score (nSPS) is 13.8. The van der Waals surface area contributed by atoms with Gasteiger partial charge in [-0.15, -0.1) is 0 Å². The first kappa shape index (κ1) is 24.8. The molecule has 0 saturated carbocycles. The highest BCUT2D eigenvalue weighted by atomic mass is 16.5. The number of nitrogens with two attached hydrogens (primary N) is 1. The number of aliphatic hydroxyl groups is 1. The predicted octanol–water partition coefficient (Wildman–Crippen LogP) is 5.35. The predicted molar refractivity (Wildman–Crippen MR) is 118 cm³/mol. The van der Waals surface area contributed by atoms with Gasteiger partial charge < -0.3 is 20.3 Å². The fraction of sp³-hybridized carbons (Fsp3) is 0.750. The first-order valence-corrected chi connectivity index (χ1v) is 11.0. The molecule has 4 heteroatoms. The minimum Gasteiger partial charge on any atom is -0.493 e. The highest BCUT2D eigenvalue weighted by Gasteiger charge is 2.27. The van der Waals surface area contributed by atoms with Crippen molar-refractivity contribution in [2.75, 3.05) is 20.3 Å². The zero-order chi connectivity index (χ0) is 21.0. The van der Waals surface area contributed by atoms with Crippen LogP contribution in [0.5, 0.6) is 11.5 Å². The van der Waals surface area contributed by atoms with E-state index < -0.39 is 5.54 Å². The molecule has 0 spiro atoms. The summed E-state index contributed by atoms with van der Waals surface area (Å²) in [5.41, 5.74) is 6.93. The van der Waals surface area contributed by atoms with E-state index in [1.807, 2.05) is 12.1 Å². The Morgan fingerprint density at radius 2 is 1.68 bits per heavy atom. The summed E-state index contributed by atoms with van der Waals surface area (Å²) in [6.07, 6.45) is 9.12. The Morgan fingerprint density at radius 3 is 2.29 bits per heavy atom. The lowest BCUT2D eigenvalue weighted by Gasteiger charge is -2.31. The molecule has 0 aliphatic carbocycles. The van der Waals surface area contributed by atoms with E-state index in [1.54, 1.807) is 7.11 Å². The molecule has 28 heavy (non-hydrogen) atoms. The van der Waals surface area contributed by atoms with Crippen molar-refractivity contribution >= 4 is 0 Å². The van der Waals surface area contributed by atoms with Gasteiger partial charge in [0.25, 0.3) is 0 Å². The van der Waals surface area contributed by atoms with Gasteiger partial charge in [0.1, 0.15) is 0 Å². The first-order chi connectivity index (χ1) is 13.3. The lowest BCUT2D eigenvalue weighted by Crippen LogP contribution is -2.48. The van der Waals surface area contributed by atoms with Crippen LogP contribution in [0.25, 0.3) is 0 Å². The molecule has 0 bridgehead atoms. The fourth-order valence-electron chi connectivity index (χ4n) is 3.28. The largest absolute Gasteiger partial charge is 0.493 e. The molecule has 0 heterocycles. The van der Waals surface area contributed by atoms with Crippen LogP contribution in [0.3, 0.4) is 0 Å². The summed E-state index contributed by atoms with van der Waals surface area (Å²) in [5, 5.41) is 9.62. The number of ether oxygens (including phenoxy) is 2. The third-order valence-corrected chi connectivity index (χ3v) is 5.73. The molecule has 0 aromatic heterocycles. The number of hydrogen-bond donors (Lipinski definition) is 2. The van der Waals surface area contributed by atoms with E-state index in [0.717, 1.165) is 48.8 Å². The van der Waals surface area contributed by atoms with Gasteiger partial charge in [-0.2, -0.15) is 0 Å². The minimum absolute atomic E-state index is 0.000463. The molecule has 1 aromatic rings. The molecule has 1 aromatic carbocycles. The maximum absolute atomic E-state index is 9.62. The van der Waals surface area contributed by atoms with E-state index in [2.05, 4.69) is 33.8 Å². The zero-order valence-electron chi connectivity index (χ0n) is 18.8. The molecule has 4 nitrogen and oxygen atoms in total. The molecule has 0 aliphatic rings. The Hall–Kier alpha value is -1.26. The molecule has 0 amide bonds. The molecule has 162 valence electrons. The monoisotopic (exact) mass is 393 g/mol. The van der Waals surface area contributed by atoms with Crippen LogP contribution in [0.15, 0.2) is 18.2 Å². The van der Waals surface area contributed by atoms with Gasteiger partial charge in [-0.25, -0.2) is 0 Å². The van der Waals surface area contributed by atoms with Crippen LogP contribution < -0.4 is 15.2 Å². The second-order valence-corrected chi connectivity index (χ2v) is 8.83. The number of unbranched alkanes of at least 4 members (excludes halogenated alkanes) is 4. The maximum Gasteiger partial charge on any atom is 0.161 e. The first-order valence-electron chi connectivity index (χ1n) is 11.0. The highest BCUT2D eigenvalue weighted by molar-refractivity contribution is 5.43. The van der Waals surface area contributed by atoms with Crippen molar-refractivity contribution in [3.8, 4) is 11.5 Å². The molecular weight excluding hydrogens is 350 g/mol. The summed E-state index contributed by atoms with van der Waals surface area (Å²) in [6, 6.07) is 6.09. The van der Waals surface area contributed by atoms with Gasteiger partial charge >= 0.3 is 0 Å². The van der Waals surface area contributed by atoms with Crippen LogP contribution in [0.2, 0.25) is 0 Å². The van der Waals surface area contributed by atoms with Crippen molar-refractivity contribution in [1.82, 2.24) is 0 Å². The summed E-state index contributed by atoms with van der Waals surface area (Å²) in [7, 11) is 1.68. The zero-order valence-corrected chi connectivity index (χ0v) is 18.8. The van der Waals surface area contributed by atoms with Gasteiger partial charge in [-0.3, -0.25) is 0 Å². The van der Waals surface area contributed by atoms with Crippen LogP contribution >= 0.6 is 0 Å². The number of hydrogen-bond acceptors (Lipinski definition) is 4. The van der Waals surface area contributed by atoms with Gasteiger partial charge in [0.05, 0.1) is 20.3 Å². The highest BCUT2D eigenvalue weighted by Crippen LogP contribution is 2.30.